The summed E-state index contributed by atoms with van der Waals surface area (Å²) in [5.74, 6) is 0.0333. The number of amidine groups is 1. The van der Waals surface area contributed by atoms with Gasteiger partial charge in [0.25, 0.3) is 0 Å². The van der Waals surface area contributed by atoms with E-state index >= 15 is 0 Å². The Balaban J connectivity index is 4.09. The minimum atomic E-state index is -0.562. The zero-order valence-electron chi connectivity index (χ0n) is 12.0. The fourth-order valence-corrected chi connectivity index (χ4v) is 0.802. The van der Waals surface area contributed by atoms with E-state index in [4.69, 9.17) is 14.9 Å². The standard InChI is InChI=1S/C12H23N3O3/c1-11(2,3)18-10(16)14-7-9(13)15-8-12(4,5)17-6/h8,13H,7H2,1-6H3,(H,14,16). The van der Waals surface area contributed by atoms with Crippen molar-refractivity contribution < 1.29 is 14.3 Å². The summed E-state index contributed by atoms with van der Waals surface area (Å²) < 4.78 is 10.2. The molecule has 0 radical (unpaired) electrons. The highest BCUT2D eigenvalue weighted by Gasteiger charge is 2.16. The molecule has 0 aliphatic rings. The summed E-state index contributed by atoms with van der Waals surface area (Å²) in [6.45, 7) is 8.99. The predicted octanol–water partition coefficient (Wildman–Crippen LogP) is 1.98. The number of amides is 1. The normalized spacial score (nSPS) is 12.6. The highest BCUT2D eigenvalue weighted by Crippen LogP contribution is 2.06. The zero-order valence-corrected chi connectivity index (χ0v) is 12.0. The van der Waals surface area contributed by atoms with Crippen LogP contribution in [0.15, 0.2) is 4.99 Å². The van der Waals surface area contributed by atoms with Crippen molar-refractivity contribution in [2.24, 2.45) is 4.99 Å². The van der Waals surface area contributed by atoms with E-state index in [-0.39, 0.29) is 12.4 Å². The second-order valence-corrected chi connectivity index (χ2v) is 5.37. The monoisotopic (exact) mass is 257 g/mol. The van der Waals surface area contributed by atoms with Crippen molar-refractivity contribution in [3.05, 3.63) is 0 Å². The number of carbonyl (C=O) groups is 1. The largest absolute Gasteiger partial charge is 0.444 e. The van der Waals surface area contributed by atoms with E-state index in [0.29, 0.717) is 0 Å². The molecule has 0 spiro atoms. The summed E-state index contributed by atoms with van der Waals surface area (Å²) in [4.78, 5) is 15.2. The quantitative estimate of drug-likeness (QED) is 0.596. The number of hydrogen-bond donors (Lipinski definition) is 2. The number of carbonyl (C=O) groups excluding carboxylic acids is 1. The Kier molecular flexibility index (Phi) is 5.97. The van der Waals surface area contributed by atoms with E-state index in [1.165, 1.54) is 6.21 Å². The highest BCUT2D eigenvalue weighted by atomic mass is 16.6. The molecule has 6 nitrogen and oxygen atoms in total. The van der Waals surface area contributed by atoms with Crippen LogP contribution in [0, 0.1) is 5.41 Å². The number of rotatable bonds is 4. The van der Waals surface area contributed by atoms with E-state index < -0.39 is 17.3 Å². The van der Waals surface area contributed by atoms with Crippen LogP contribution in [-0.2, 0) is 9.47 Å². The van der Waals surface area contributed by atoms with Crippen molar-refractivity contribution in [1.29, 1.82) is 5.41 Å². The fourth-order valence-electron chi connectivity index (χ4n) is 0.802. The van der Waals surface area contributed by atoms with Gasteiger partial charge in [0.1, 0.15) is 11.4 Å². The van der Waals surface area contributed by atoms with Crippen LogP contribution in [0.2, 0.25) is 0 Å². The maximum atomic E-state index is 11.3. The average molecular weight is 257 g/mol. The predicted molar refractivity (Wildman–Crippen MR) is 71.5 cm³/mol. The fraction of sp³-hybridized carbons (Fsp3) is 0.750. The lowest BCUT2D eigenvalue weighted by atomic mass is 10.2. The van der Waals surface area contributed by atoms with Crippen LogP contribution in [0.5, 0.6) is 0 Å². The van der Waals surface area contributed by atoms with Crippen LogP contribution in [0.25, 0.3) is 0 Å². The number of hydrogen-bond acceptors (Lipinski definition) is 4. The van der Waals surface area contributed by atoms with Crippen LogP contribution < -0.4 is 5.32 Å². The van der Waals surface area contributed by atoms with E-state index in [9.17, 15) is 4.79 Å². The van der Waals surface area contributed by atoms with Gasteiger partial charge in [0, 0.05) is 13.3 Å². The molecule has 0 rings (SSSR count). The molecule has 0 saturated carbocycles. The third-order valence-corrected chi connectivity index (χ3v) is 1.86. The molecule has 0 unspecified atom stereocenters. The van der Waals surface area contributed by atoms with Gasteiger partial charge in [-0.25, -0.2) is 9.79 Å². The Labute approximate surface area is 108 Å². The molecule has 1 amide bonds. The Morgan fingerprint density at radius 3 is 2.33 bits per heavy atom. The van der Waals surface area contributed by atoms with E-state index in [1.54, 1.807) is 27.9 Å². The minimum Gasteiger partial charge on any atom is -0.444 e. The molecule has 0 fully saturated rings. The van der Waals surface area contributed by atoms with Gasteiger partial charge in [0.2, 0.25) is 0 Å². The molecule has 0 atom stereocenters. The van der Waals surface area contributed by atoms with Crippen LogP contribution in [0.4, 0.5) is 4.79 Å². The molecular formula is C12H23N3O3. The Morgan fingerprint density at radius 2 is 1.89 bits per heavy atom. The van der Waals surface area contributed by atoms with Crippen molar-refractivity contribution >= 4 is 18.1 Å². The first-order valence-corrected chi connectivity index (χ1v) is 5.70. The molecule has 0 bridgehead atoms. The number of nitrogens with one attached hydrogen (secondary N) is 2. The molecule has 6 heteroatoms. The van der Waals surface area contributed by atoms with Gasteiger partial charge in [-0.2, -0.15) is 0 Å². The second kappa shape index (κ2) is 6.49. The van der Waals surface area contributed by atoms with Crippen LogP contribution in [0.1, 0.15) is 34.6 Å². The summed E-state index contributed by atoms with van der Waals surface area (Å²) in [6, 6.07) is 0. The van der Waals surface area contributed by atoms with Gasteiger partial charge >= 0.3 is 6.09 Å². The maximum absolute atomic E-state index is 11.3. The number of alkyl carbamates (subject to hydrolysis) is 1. The first-order chi connectivity index (χ1) is 8.06. The van der Waals surface area contributed by atoms with Crippen LogP contribution in [-0.4, -0.2) is 43.0 Å². The second-order valence-electron chi connectivity index (χ2n) is 5.37. The molecule has 104 valence electrons. The smallest absolute Gasteiger partial charge is 0.408 e. The van der Waals surface area contributed by atoms with Crippen LogP contribution in [0.3, 0.4) is 0 Å². The number of ether oxygens (including phenoxy) is 2. The molecule has 2 N–H and O–H groups in total. The molecule has 0 aliphatic heterocycles. The zero-order chi connectivity index (χ0) is 14.4. The minimum absolute atomic E-state index is 0.0191. The SMILES string of the molecule is COC(C)(C)C=NC(=N)CNC(=O)OC(C)(C)C. The number of methoxy groups -OCH3 is 1. The van der Waals surface area contributed by atoms with Gasteiger partial charge in [-0.15, -0.1) is 0 Å². The molecule has 0 aromatic heterocycles. The van der Waals surface area contributed by atoms with Crippen molar-refractivity contribution in [2.75, 3.05) is 13.7 Å². The summed E-state index contributed by atoms with van der Waals surface area (Å²) >= 11 is 0. The molecule has 0 heterocycles. The van der Waals surface area contributed by atoms with E-state index in [2.05, 4.69) is 10.3 Å². The molecule has 0 aromatic carbocycles. The first-order valence-electron chi connectivity index (χ1n) is 5.70. The topological polar surface area (TPSA) is 83.8 Å². The molecule has 0 aromatic rings. The van der Waals surface area contributed by atoms with Crippen molar-refractivity contribution in [3.8, 4) is 0 Å². The Bertz CT molecular complexity index is 330. The Morgan fingerprint density at radius 1 is 1.33 bits per heavy atom. The third-order valence-electron chi connectivity index (χ3n) is 1.86. The van der Waals surface area contributed by atoms with Crippen molar-refractivity contribution in [1.82, 2.24) is 5.32 Å². The number of aliphatic imine (C=N–C) groups is 1. The van der Waals surface area contributed by atoms with E-state index in [0.717, 1.165) is 0 Å². The van der Waals surface area contributed by atoms with Gasteiger partial charge in [-0.05, 0) is 34.6 Å². The maximum Gasteiger partial charge on any atom is 0.408 e. The molecule has 18 heavy (non-hydrogen) atoms. The highest BCUT2D eigenvalue weighted by molar-refractivity contribution is 5.92. The first kappa shape index (κ1) is 16.6. The lowest BCUT2D eigenvalue weighted by Gasteiger charge is -2.19. The van der Waals surface area contributed by atoms with Gasteiger partial charge in [0.05, 0.1) is 12.1 Å². The number of nitrogens with zero attached hydrogens (tertiary/aromatic N) is 1. The summed E-state index contributed by atoms with van der Waals surface area (Å²) in [5.41, 5.74) is -1.08. The Hall–Kier alpha value is -1.43. The molecule has 0 saturated heterocycles. The molecular weight excluding hydrogens is 234 g/mol. The van der Waals surface area contributed by atoms with Gasteiger partial charge in [-0.3, -0.25) is 5.41 Å². The molecule has 0 aliphatic carbocycles. The third kappa shape index (κ3) is 8.69. The van der Waals surface area contributed by atoms with Gasteiger partial charge < -0.3 is 14.8 Å². The average Bonchev–Trinajstić information content (AvgIpc) is 2.21. The van der Waals surface area contributed by atoms with E-state index in [1.807, 2.05) is 13.8 Å². The summed E-state index contributed by atoms with van der Waals surface area (Å²) in [7, 11) is 1.56. The lowest BCUT2D eigenvalue weighted by molar-refractivity contribution is 0.0536. The van der Waals surface area contributed by atoms with Gasteiger partial charge in [-0.1, -0.05) is 0 Å². The van der Waals surface area contributed by atoms with Crippen molar-refractivity contribution in [2.45, 2.75) is 45.8 Å². The lowest BCUT2D eigenvalue weighted by Crippen LogP contribution is -2.35. The van der Waals surface area contributed by atoms with Crippen LogP contribution >= 0.6 is 0 Å². The van der Waals surface area contributed by atoms with Gasteiger partial charge in [0.15, 0.2) is 0 Å². The summed E-state index contributed by atoms with van der Waals surface area (Å²) in [5, 5.41) is 10.00. The van der Waals surface area contributed by atoms with Crippen molar-refractivity contribution in [3.63, 3.8) is 0 Å². The summed E-state index contributed by atoms with van der Waals surface area (Å²) in [6.07, 6.45) is 0.958.